The molecule has 3 heterocycles. The summed E-state index contributed by atoms with van der Waals surface area (Å²) in [6.45, 7) is 6.36. The maximum absolute atomic E-state index is 12.4. The van der Waals surface area contributed by atoms with Gasteiger partial charge in [0, 0.05) is 41.3 Å². The maximum Gasteiger partial charge on any atom is 0.189 e. The first kappa shape index (κ1) is 22.2. The summed E-state index contributed by atoms with van der Waals surface area (Å²) >= 11 is 0. The van der Waals surface area contributed by atoms with Crippen LogP contribution in [0.2, 0.25) is 0 Å². The molecule has 4 rings (SSSR count). The number of para-hydroxylation sites is 1. The highest BCUT2D eigenvalue weighted by Gasteiger charge is 2.38. The lowest BCUT2D eigenvalue weighted by atomic mass is 9.86. The van der Waals surface area contributed by atoms with Crippen molar-refractivity contribution < 1.29 is 0 Å². The molecule has 1 aromatic heterocycles. The molecular formula is C20H30Cl2N4O. The average molecular weight is 413 g/mol. The molecule has 2 N–H and O–H groups in total. The number of halogens is 2. The standard InChI is InChI=1S/C20H28N4O.2ClH/c1-23-11-4-12-24(15-20(23)7-9-21-10-8-20)14-16-13-19(25)17-5-2-3-6-18(17)22-16;;/h2-3,5-6,13,21H,4,7-12,14-15H2,1H3,(H,22,25);2*1H. The molecule has 27 heavy (non-hydrogen) atoms. The van der Waals surface area contributed by atoms with Crippen molar-refractivity contribution in [2.75, 3.05) is 39.8 Å². The quantitative estimate of drug-likeness (QED) is 0.795. The molecule has 0 atom stereocenters. The van der Waals surface area contributed by atoms with Gasteiger partial charge in [0.15, 0.2) is 5.43 Å². The van der Waals surface area contributed by atoms with Crippen LogP contribution in [0.25, 0.3) is 10.9 Å². The summed E-state index contributed by atoms with van der Waals surface area (Å²) in [6, 6.07) is 9.56. The van der Waals surface area contributed by atoms with Crippen LogP contribution in [0.4, 0.5) is 0 Å². The zero-order chi connectivity index (χ0) is 17.3. The molecule has 0 amide bonds. The molecule has 2 aliphatic heterocycles. The van der Waals surface area contributed by atoms with E-state index >= 15 is 0 Å². The molecule has 0 saturated carbocycles. The topological polar surface area (TPSA) is 51.4 Å². The third-order valence-corrected chi connectivity index (χ3v) is 6.02. The maximum atomic E-state index is 12.4. The third kappa shape index (κ3) is 4.66. The fourth-order valence-corrected chi connectivity index (χ4v) is 4.53. The molecule has 2 saturated heterocycles. The minimum Gasteiger partial charge on any atom is -0.357 e. The van der Waals surface area contributed by atoms with Gasteiger partial charge in [-0.25, -0.2) is 0 Å². The number of hydrogen-bond donors (Lipinski definition) is 2. The molecule has 2 aromatic rings. The van der Waals surface area contributed by atoms with Crippen molar-refractivity contribution in [2.45, 2.75) is 31.3 Å². The number of aromatic amines is 1. The second kappa shape index (κ2) is 9.39. The molecule has 0 unspecified atom stereocenters. The monoisotopic (exact) mass is 412 g/mol. The van der Waals surface area contributed by atoms with Crippen LogP contribution >= 0.6 is 24.8 Å². The summed E-state index contributed by atoms with van der Waals surface area (Å²) in [5.74, 6) is 0. The zero-order valence-electron chi connectivity index (χ0n) is 15.9. The normalized spacial score (nSPS) is 20.6. The number of pyridine rings is 1. The molecule has 5 nitrogen and oxygen atoms in total. The Bertz CT molecular complexity index is 804. The Balaban J connectivity index is 0.00000131. The van der Waals surface area contributed by atoms with E-state index in [2.05, 4.69) is 27.1 Å². The second-order valence-corrected chi connectivity index (χ2v) is 7.66. The number of H-pyrrole nitrogens is 1. The van der Waals surface area contributed by atoms with Gasteiger partial charge in [0.2, 0.25) is 0 Å². The molecule has 0 aliphatic carbocycles. The predicted octanol–water partition coefficient (Wildman–Crippen LogP) is 2.63. The van der Waals surface area contributed by atoms with Crippen molar-refractivity contribution in [3.05, 3.63) is 46.2 Å². The second-order valence-electron chi connectivity index (χ2n) is 7.66. The molecule has 0 radical (unpaired) electrons. The van der Waals surface area contributed by atoms with E-state index < -0.39 is 0 Å². The fraction of sp³-hybridized carbons (Fsp3) is 0.550. The lowest BCUT2D eigenvalue weighted by Gasteiger charge is -2.45. The summed E-state index contributed by atoms with van der Waals surface area (Å²) in [5, 5.41) is 4.27. The Kier molecular flexibility index (Phi) is 7.72. The van der Waals surface area contributed by atoms with E-state index in [0.717, 1.165) is 55.9 Å². The molecule has 1 spiro atoms. The number of fused-ring (bicyclic) bond motifs is 1. The third-order valence-electron chi connectivity index (χ3n) is 6.02. The smallest absolute Gasteiger partial charge is 0.189 e. The molecule has 7 heteroatoms. The number of nitrogens with one attached hydrogen (secondary N) is 2. The predicted molar refractivity (Wildman–Crippen MR) is 116 cm³/mol. The minimum absolute atomic E-state index is 0. The van der Waals surface area contributed by atoms with Crippen LogP contribution < -0.4 is 10.7 Å². The van der Waals surface area contributed by atoms with Gasteiger partial charge < -0.3 is 10.3 Å². The first-order chi connectivity index (χ1) is 12.2. The van der Waals surface area contributed by atoms with Gasteiger partial charge in [0.25, 0.3) is 0 Å². The molecular weight excluding hydrogens is 383 g/mol. The van der Waals surface area contributed by atoms with Crippen molar-refractivity contribution in [1.82, 2.24) is 20.1 Å². The Morgan fingerprint density at radius 1 is 1.11 bits per heavy atom. The minimum atomic E-state index is 0. The zero-order valence-corrected chi connectivity index (χ0v) is 17.5. The van der Waals surface area contributed by atoms with Crippen LogP contribution in [0, 0.1) is 0 Å². The summed E-state index contributed by atoms with van der Waals surface area (Å²) in [4.78, 5) is 21.0. The molecule has 2 fully saturated rings. The van der Waals surface area contributed by atoms with Gasteiger partial charge in [-0.15, -0.1) is 24.8 Å². The van der Waals surface area contributed by atoms with Gasteiger partial charge >= 0.3 is 0 Å². The van der Waals surface area contributed by atoms with E-state index in [1.54, 1.807) is 6.07 Å². The lowest BCUT2D eigenvalue weighted by Crippen LogP contribution is -2.57. The van der Waals surface area contributed by atoms with E-state index in [4.69, 9.17) is 0 Å². The highest BCUT2D eigenvalue weighted by molar-refractivity contribution is 5.85. The number of likely N-dealkylation sites (N-methyl/N-ethyl adjacent to an activating group) is 1. The van der Waals surface area contributed by atoms with Crippen molar-refractivity contribution >= 4 is 35.7 Å². The van der Waals surface area contributed by atoms with Gasteiger partial charge in [-0.2, -0.15) is 0 Å². The molecule has 1 aromatic carbocycles. The Morgan fingerprint density at radius 3 is 2.63 bits per heavy atom. The summed E-state index contributed by atoms with van der Waals surface area (Å²) in [7, 11) is 2.28. The van der Waals surface area contributed by atoms with Gasteiger partial charge in [0.05, 0.1) is 0 Å². The van der Waals surface area contributed by atoms with E-state index in [0.29, 0.717) is 0 Å². The van der Waals surface area contributed by atoms with Crippen LogP contribution in [-0.4, -0.2) is 60.1 Å². The van der Waals surface area contributed by atoms with Crippen molar-refractivity contribution in [3.63, 3.8) is 0 Å². The van der Waals surface area contributed by atoms with E-state index in [1.165, 1.54) is 19.3 Å². The SMILES string of the molecule is CN1CCCN(Cc2cc(=O)c3ccccc3[nH]2)CC12CCNCC2.Cl.Cl. The van der Waals surface area contributed by atoms with Gasteiger partial charge in [-0.3, -0.25) is 14.6 Å². The van der Waals surface area contributed by atoms with E-state index in [1.807, 2.05) is 24.3 Å². The van der Waals surface area contributed by atoms with E-state index in [-0.39, 0.29) is 35.8 Å². The van der Waals surface area contributed by atoms with Crippen LogP contribution in [0.3, 0.4) is 0 Å². The first-order valence-electron chi connectivity index (χ1n) is 9.42. The van der Waals surface area contributed by atoms with Crippen LogP contribution in [-0.2, 0) is 6.54 Å². The first-order valence-corrected chi connectivity index (χ1v) is 9.42. The summed E-state index contributed by atoms with van der Waals surface area (Å²) < 4.78 is 0. The number of benzene rings is 1. The fourth-order valence-electron chi connectivity index (χ4n) is 4.53. The van der Waals surface area contributed by atoms with E-state index in [9.17, 15) is 4.79 Å². The number of aromatic nitrogens is 1. The van der Waals surface area contributed by atoms with Gasteiger partial charge in [-0.1, -0.05) is 12.1 Å². The van der Waals surface area contributed by atoms with Gasteiger partial charge in [0.1, 0.15) is 0 Å². The number of hydrogen-bond acceptors (Lipinski definition) is 4. The largest absolute Gasteiger partial charge is 0.357 e. The van der Waals surface area contributed by atoms with Crippen molar-refractivity contribution in [1.29, 1.82) is 0 Å². The summed E-state index contributed by atoms with van der Waals surface area (Å²) in [6.07, 6.45) is 3.59. The Hall–Kier alpha value is -1.11. The van der Waals surface area contributed by atoms with Gasteiger partial charge in [-0.05, 0) is 64.6 Å². The molecule has 150 valence electrons. The molecule has 0 bridgehead atoms. The van der Waals surface area contributed by atoms with Crippen LogP contribution in [0.15, 0.2) is 35.1 Å². The Morgan fingerprint density at radius 2 is 1.85 bits per heavy atom. The number of nitrogens with zero attached hydrogens (tertiary/aromatic N) is 2. The van der Waals surface area contributed by atoms with Crippen molar-refractivity contribution in [3.8, 4) is 0 Å². The Labute approximate surface area is 173 Å². The summed E-state index contributed by atoms with van der Waals surface area (Å²) in [5.41, 5.74) is 2.36. The van der Waals surface area contributed by atoms with Crippen LogP contribution in [0.1, 0.15) is 25.0 Å². The van der Waals surface area contributed by atoms with Crippen molar-refractivity contribution in [2.24, 2.45) is 0 Å². The van der Waals surface area contributed by atoms with Crippen LogP contribution in [0.5, 0.6) is 0 Å². The molecule has 2 aliphatic rings. The lowest BCUT2D eigenvalue weighted by molar-refractivity contribution is 0.0634. The number of rotatable bonds is 2. The highest BCUT2D eigenvalue weighted by atomic mass is 35.5. The average Bonchev–Trinajstić information content (AvgIpc) is 2.75. The number of piperidine rings is 1. The highest BCUT2D eigenvalue weighted by Crippen LogP contribution is 2.29.